The lowest BCUT2D eigenvalue weighted by Crippen LogP contribution is -2.36. The summed E-state index contributed by atoms with van der Waals surface area (Å²) in [5.41, 5.74) is 4.58. The van der Waals surface area contributed by atoms with Gasteiger partial charge in [0.05, 0.1) is 25.4 Å². The number of esters is 2. The molecule has 1 aromatic rings. The van der Waals surface area contributed by atoms with Crippen molar-refractivity contribution in [2.75, 3.05) is 25.6 Å². The maximum Gasteiger partial charge on any atom is 0.481 e. The van der Waals surface area contributed by atoms with Crippen molar-refractivity contribution >= 4 is 33.4 Å². The minimum absolute atomic E-state index is 0.0444. The molecule has 2 aliphatic rings. The summed E-state index contributed by atoms with van der Waals surface area (Å²) in [6.45, 7) is 4.31. The highest BCUT2D eigenvalue weighted by Crippen LogP contribution is 2.60. The Balaban J connectivity index is 1.41. The van der Waals surface area contributed by atoms with Crippen LogP contribution in [-0.2, 0) is 51.0 Å². The number of hydrogen-bond acceptors (Lipinski definition) is 16. The molecule has 5 unspecified atom stereocenters. The minimum atomic E-state index is -5.42. The molecular weight excluding hydrogens is 876 g/mol. The van der Waals surface area contributed by atoms with Crippen LogP contribution in [0.1, 0.15) is 162 Å². The number of rotatable bonds is 36. The molecule has 19 nitrogen and oxygen atoms in total. The number of nitrogen functional groups attached to an aromatic ring is 1. The number of nitrogens with zero attached hydrogens (tertiary/aromatic N) is 2. The van der Waals surface area contributed by atoms with Gasteiger partial charge in [-0.05, 0) is 50.5 Å². The van der Waals surface area contributed by atoms with Crippen molar-refractivity contribution in [2.24, 2.45) is 5.92 Å². The van der Waals surface area contributed by atoms with E-state index in [-0.39, 0.29) is 18.7 Å². The van der Waals surface area contributed by atoms with E-state index in [0.717, 1.165) is 94.2 Å². The van der Waals surface area contributed by atoms with Gasteiger partial charge in [-0.1, -0.05) is 116 Å². The topological polar surface area (TPSA) is 278 Å². The molecule has 6 N–H and O–H groups in total. The first-order valence-corrected chi connectivity index (χ1v) is 26.2. The van der Waals surface area contributed by atoms with E-state index in [2.05, 4.69) is 42.2 Å². The highest BCUT2D eigenvalue weighted by molar-refractivity contribution is 7.61. The van der Waals surface area contributed by atoms with Gasteiger partial charge in [0.1, 0.15) is 30.7 Å². The standard InChI is InChI=1S/C43H75N3O16P2/c1-4-6-17-23-34-35(60-34)24-19-14-9-7-8-10-15-20-25-38(47)56-29-33(59-39(48)26-21-16-12-11-13-18-22-32(3)5-2)30-57-63(52,53)62-64(54,55)58-31-36-40(49)41(50)42(61-36)46-28-27-37(44)45-43(46)51/h14,19,27-28,32-36,40-42,49-50H,4-13,15-18,20-26,29-31H2,1-3H3,(H,52,53)(H,54,55)(H2,44,45,51)/b19-14-/t32?,33-,34?,35?,36-,40-,41-,42-/m1/s1. The Bertz CT molecular complexity index is 1700. The predicted molar refractivity (Wildman–Crippen MR) is 238 cm³/mol. The number of nitrogens with two attached hydrogens (primary N) is 1. The Kier molecular flexibility index (Phi) is 26.1. The van der Waals surface area contributed by atoms with Crippen molar-refractivity contribution in [2.45, 2.75) is 198 Å². The molecule has 10 atom stereocenters. The normalized spacial score (nSPS) is 23.7. The van der Waals surface area contributed by atoms with E-state index < -0.39 is 83.7 Å². The van der Waals surface area contributed by atoms with Crippen molar-refractivity contribution in [3.05, 3.63) is 34.9 Å². The second kappa shape index (κ2) is 30.0. The van der Waals surface area contributed by atoms with E-state index in [9.17, 15) is 43.5 Å². The van der Waals surface area contributed by atoms with E-state index in [4.69, 9.17) is 33.7 Å². The average molecular weight is 952 g/mol. The number of allylic oxidation sites excluding steroid dienone is 1. The highest BCUT2D eigenvalue weighted by Gasteiger charge is 2.46. The molecule has 2 fully saturated rings. The van der Waals surface area contributed by atoms with Crippen molar-refractivity contribution in [1.29, 1.82) is 0 Å². The zero-order valence-corrected chi connectivity index (χ0v) is 39.7. The van der Waals surface area contributed by atoms with Crippen molar-refractivity contribution < 1.29 is 71.0 Å². The number of aliphatic hydroxyl groups excluding tert-OH is 2. The van der Waals surface area contributed by atoms with Crippen LogP contribution in [0.25, 0.3) is 0 Å². The second-order valence-electron chi connectivity index (χ2n) is 16.9. The van der Waals surface area contributed by atoms with E-state index in [1.54, 1.807) is 0 Å². The molecule has 0 aliphatic carbocycles. The SMILES string of the molecule is CCCCCC1OC1C/C=C\CCCCCCCC(=O)OC[C@H](COP(=O)(O)OP(=O)(O)OC[C@H]1O[C@@H](n2ccc(N)nc2=O)[C@H](O)[C@@H]1O)OC(=O)CCCCCCCCC(C)CC. The average Bonchev–Trinajstić information content (AvgIpc) is 3.93. The van der Waals surface area contributed by atoms with Crippen molar-refractivity contribution in [1.82, 2.24) is 9.55 Å². The number of aliphatic hydroxyl groups is 2. The monoisotopic (exact) mass is 951 g/mol. The summed E-state index contributed by atoms with van der Waals surface area (Å²) < 4.78 is 62.3. The molecule has 3 rings (SSSR count). The number of epoxide rings is 1. The molecule has 2 saturated heterocycles. The summed E-state index contributed by atoms with van der Waals surface area (Å²) in [6.07, 6.45) is 17.9. The number of carbonyl (C=O) groups is 2. The molecule has 0 saturated carbocycles. The van der Waals surface area contributed by atoms with Gasteiger partial charge in [0.25, 0.3) is 0 Å². The third-order valence-electron chi connectivity index (χ3n) is 11.3. The largest absolute Gasteiger partial charge is 0.481 e. The fourth-order valence-corrected chi connectivity index (χ4v) is 9.29. The minimum Gasteiger partial charge on any atom is -0.462 e. The number of phosphoric acid groups is 2. The molecular formula is C43H75N3O16P2. The van der Waals surface area contributed by atoms with E-state index in [1.807, 2.05) is 0 Å². The third kappa shape index (κ3) is 22.8. The maximum atomic E-state index is 12.8. The van der Waals surface area contributed by atoms with Crippen molar-refractivity contribution in [3.63, 3.8) is 0 Å². The summed E-state index contributed by atoms with van der Waals surface area (Å²) in [7, 11) is -10.8. The Labute approximate surface area is 378 Å². The Hall–Kier alpha value is -2.54. The van der Waals surface area contributed by atoms with Crippen LogP contribution in [0.3, 0.4) is 0 Å². The molecule has 0 spiro atoms. The van der Waals surface area contributed by atoms with E-state index in [1.165, 1.54) is 31.7 Å². The van der Waals surface area contributed by atoms with Gasteiger partial charge < -0.3 is 44.7 Å². The van der Waals surface area contributed by atoms with Gasteiger partial charge in [-0.25, -0.2) is 13.9 Å². The fraction of sp³-hybridized carbons (Fsp3) is 0.814. The molecule has 0 aromatic carbocycles. The molecule has 64 heavy (non-hydrogen) atoms. The summed E-state index contributed by atoms with van der Waals surface area (Å²) in [5.74, 6) is -0.610. The molecule has 21 heteroatoms. The van der Waals surface area contributed by atoms with Gasteiger partial charge in [0, 0.05) is 19.0 Å². The van der Waals surface area contributed by atoms with Crippen molar-refractivity contribution in [3.8, 4) is 0 Å². The zero-order chi connectivity index (χ0) is 47.0. The van der Waals surface area contributed by atoms with Crippen LogP contribution in [0.15, 0.2) is 29.2 Å². The number of hydrogen-bond donors (Lipinski definition) is 5. The Morgan fingerprint density at radius 3 is 2.17 bits per heavy atom. The van der Waals surface area contributed by atoms with Crippen LogP contribution in [0.2, 0.25) is 0 Å². The van der Waals surface area contributed by atoms with Crippen LogP contribution in [0.4, 0.5) is 5.82 Å². The van der Waals surface area contributed by atoms with E-state index in [0.29, 0.717) is 31.0 Å². The Morgan fingerprint density at radius 1 is 0.828 bits per heavy atom. The van der Waals surface area contributed by atoms with Crippen LogP contribution >= 0.6 is 15.6 Å². The number of ether oxygens (including phenoxy) is 4. The van der Waals surface area contributed by atoms with Crippen LogP contribution in [-0.4, -0.2) is 97.9 Å². The van der Waals surface area contributed by atoms with Gasteiger partial charge in [-0.3, -0.25) is 23.2 Å². The number of unbranched alkanes of at least 4 members (excludes halogenated alkanes) is 12. The van der Waals surface area contributed by atoms with Crippen LogP contribution in [0, 0.1) is 5.92 Å². The number of carbonyl (C=O) groups excluding carboxylic acids is 2. The van der Waals surface area contributed by atoms with Gasteiger partial charge in [-0.2, -0.15) is 9.29 Å². The predicted octanol–water partition coefficient (Wildman–Crippen LogP) is 7.34. The Morgan fingerprint density at radius 2 is 1.48 bits per heavy atom. The molecule has 1 aromatic heterocycles. The van der Waals surface area contributed by atoms with E-state index >= 15 is 0 Å². The van der Waals surface area contributed by atoms with Gasteiger partial charge in [0.15, 0.2) is 12.3 Å². The first-order valence-electron chi connectivity index (χ1n) is 23.2. The molecule has 0 bridgehead atoms. The smallest absolute Gasteiger partial charge is 0.462 e. The third-order valence-corrected chi connectivity index (χ3v) is 13.9. The molecule has 2 aliphatic heterocycles. The number of phosphoric ester groups is 2. The first-order chi connectivity index (χ1) is 30.5. The lowest BCUT2D eigenvalue weighted by atomic mass is 10.00. The lowest BCUT2D eigenvalue weighted by molar-refractivity contribution is -0.161. The highest BCUT2D eigenvalue weighted by atomic mass is 31.3. The number of aromatic nitrogens is 2. The molecule has 368 valence electrons. The van der Waals surface area contributed by atoms with Crippen LogP contribution in [0.5, 0.6) is 0 Å². The summed E-state index contributed by atoms with van der Waals surface area (Å²) >= 11 is 0. The van der Waals surface area contributed by atoms with Crippen LogP contribution < -0.4 is 11.4 Å². The maximum absolute atomic E-state index is 12.8. The summed E-state index contributed by atoms with van der Waals surface area (Å²) in [4.78, 5) is 61.7. The summed E-state index contributed by atoms with van der Waals surface area (Å²) in [5, 5.41) is 20.9. The fourth-order valence-electron chi connectivity index (χ4n) is 7.18. The quantitative estimate of drug-likeness (QED) is 0.0145. The first kappa shape index (κ1) is 55.8. The lowest BCUT2D eigenvalue weighted by Gasteiger charge is -2.21. The van der Waals surface area contributed by atoms with Gasteiger partial charge in [0.2, 0.25) is 0 Å². The zero-order valence-electron chi connectivity index (χ0n) is 38.0. The second-order valence-corrected chi connectivity index (χ2v) is 19.9. The molecule has 0 amide bonds. The van der Waals surface area contributed by atoms with Gasteiger partial charge >= 0.3 is 33.3 Å². The summed E-state index contributed by atoms with van der Waals surface area (Å²) in [6, 6.07) is 1.25. The molecule has 3 heterocycles. The number of anilines is 1. The molecule has 0 radical (unpaired) electrons. The van der Waals surface area contributed by atoms with Gasteiger partial charge in [-0.15, -0.1) is 0 Å².